The van der Waals surface area contributed by atoms with Gasteiger partial charge in [0.15, 0.2) is 0 Å². The number of rotatable bonds is 0. The summed E-state index contributed by atoms with van der Waals surface area (Å²) in [6.07, 6.45) is -9.02. The summed E-state index contributed by atoms with van der Waals surface area (Å²) in [6.45, 7) is 2.26. The molecular weight excluding hydrogens is 88.1 g/mol. The molecule has 0 aromatic rings. The zero-order valence-corrected chi connectivity index (χ0v) is 4.41. The van der Waals surface area contributed by atoms with Gasteiger partial charge in [0.05, 0.1) is 14.9 Å². The molecule has 2 atom stereocenters. The van der Waals surface area contributed by atoms with Gasteiger partial charge in [0, 0.05) is 5.48 Å². The van der Waals surface area contributed by atoms with Gasteiger partial charge in [-0.05, 0) is 26.6 Å². The molecule has 1 heterocycles. The summed E-state index contributed by atoms with van der Waals surface area (Å²) in [5.74, 6) is 0. The molecule has 1 fully saturated rings. The van der Waals surface area contributed by atoms with Crippen LogP contribution in [0.2, 0.25) is 0 Å². The summed E-state index contributed by atoms with van der Waals surface area (Å²) in [7, 11) is 0. The Morgan fingerprint density at radius 3 is 2.14 bits per heavy atom. The average Bonchev–Trinajstić information content (AvgIpc) is 1.88. The molecular formula is C6H12O. The monoisotopic (exact) mass is 106 g/mol. The second kappa shape index (κ2) is 1.83. The van der Waals surface area contributed by atoms with Gasteiger partial charge in [-0.2, -0.15) is 0 Å². The van der Waals surface area contributed by atoms with Crippen molar-refractivity contribution in [2.45, 2.75) is 38.8 Å². The summed E-state index contributed by atoms with van der Waals surface area (Å²) in [5, 5.41) is 0. The van der Waals surface area contributed by atoms with Crippen molar-refractivity contribution in [1.29, 1.82) is 0 Å². The molecule has 0 saturated carbocycles. The molecule has 1 aliphatic rings. The number of hydrogen-bond acceptors (Lipinski definition) is 1. The van der Waals surface area contributed by atoms with Gasteiger partial charge in [-0.15, -0.1) is 0 Å². The van der Waals surface area contributed by atoms with Gasteiger partial charge in [0.2, 0.25) is 0 Å². The van der Waals surface area contributed by atoms with E-state index in [1.165, 1.54) is 0 Å². The third-order valence-electron chi connectivity index (χ3n) is 0.721. The van der Waals surface area contributed by atoms with E-state index in [0.29, 0.717) is 0 Å². The summed E-state index contributed by atoms with van der Waals surface area (Å²) >= 11 is 0. The highest BCUT2D eigenvalue weighted by molar-refractivity contribution is 4.64. The van der Waals surface area contributed by atoms with Gasteiger partial charge in [0.25, 0.3) is 0 Å². The van der Waals surface area contributed by atoms with E-state index in [-0.39, 0.29) is 0 Å². The first-order valence-corrected chi connectivity index (χ1v) is 2.16. The van der Waals surface area contributed by atoms with Crippen molar-refractivity contribution < 1.29 is 13.0 Å². The molecule has 0 amide bonds. The largest absolute Gasteiger partial charge is 0.376 e. The standard InChI is InChI=1S/C6H12O/c1-5-3-4-6(2)7-5/h5-6H,3-4H2,1-2H3/i3D2,4D2,5D,6D. The molecule has 1 nitrogen and oxygen atoms in total. The van der Waals surface area contributed by atoms with Crippen molar-refractivity contribution in [3.8, 4) is 0 Å². The Morgan fingerprint density at radius 1 is 1.57 bits per heavy atom. The highest BCUT2D eigenvalue weighted by atomic mass is 16.5. The van der Waals surface area contributed by atoms with Crippen LogP contribution in [-0.2, 0) is 4.74 Å². The van der Waals surface area contributed by atoms with Crippen LogP contribution in [0.1, 0.15) is 34.8 Å². The lowest BCUT2D eigenvalue weighted by Gasteiger charge is -2.01. The molecule has 0 aliphatic carbocycles. The molecule has 0 N–H and O–H groups in total. The Balaban J connectivity index is 3.24. The first-order valence-electron chi connectivity index (χ1n) is 5.16. The van der Waals surface area contributed by atoms with Crippen LogP contribution in [0, 0.1) is 0 Å². The third-order valence-corrected chi connectivity index (χ3v) is 0.721. The quantitative estimate of drug-likeness (QED) is 0.455. The topological polar surface area (TPSA) is 9.23 Å². The first-order chi connectivity index (χ1) is 5.46. The molecule has 0 aromatic heterocycles. The molecule has 0 spiro atoms. The minimum atomic E-state index is -2.49. The second-order valence-corrected chi connectivity index (χ2v) is 1.46. The van der Waals surface area contributed by atoms with Crippen LogP contribution in [0.15, 0.2) is 0 Å². The maximum atomic E-state index is 7.44. The zero-order valence-electron chi connectivity index (χ0n) is 10.4. The predicted molar refractivity (Wildman–Crippen MR) is 29.2 cm³/mol. The SMILES string of the molecule is [2H]C1(C)OC([2H])(C)C([2H])([2H])C1([2H])[2H]. The van der Waals surface area contributed by atoms with Crippen LogP contribution >= 0.6 is 0 Å². The van der Waals surface area contributed by atoms with Crippen molar-refractivity contribution >= 4 is 0 Å². The number of ether oxygens (including phenoxy) is 1. The molecule has 0 aromatic carbocycles. The molecule has 7 heavy (non-hydrogen) atoms. The van der Waals surface area contributed by atoms with Crippen LogP contribution in [0.25, 0.3) is 0 Å². The van der Waals surface area contributed by atoms with Crippen molar-refractivity contribution in [3.63, 3.8) is 0 Å². The Kier molecular flexibility index (Phi) is 0.384. The van der Waals surface area contributed by atoms with E-state index in [1.807, 2.05) is 0 Å². The molecule has 0 radical (unpaired) electrons. The summed E-state index contributed by atoms with van der Waals surface area (Å²) in [4.78, 5) is 0. The lowest BCUT2D eigenvalue weighted by Crippen LogP contribution is -2.01. The number of hydrogen-bond donors (Lipinski definition) is 0. The highest BCUT2D eigenvalue weighted by Gasteiger charge is 2.16. The maximum absolute atomic E-state index is 7.44. The first kappa shape index (κ1) is 1.47. The summed E-state index contributed by atoms with van der Waals surface area (Å²) < 4.78 is 49.3. The fraction of sp³-hybridized carbons (Fsp3) is 1.00. The summed E-state index contributed by atoms with van der Waals surface area (Å²) in [6, 6.07) is 0. The minimum absolute atomic E-state index is 1.13. The predicted octanol–water partition coefficient (Wildman–Crippen LogP) is 1.57. The Hall–Kier alpha value is -0.0400. The van der Waals surface area contributed by atoms with E-state index in [2.05, 4.69) is 0 Å². The molecule has 1 aliphatic heterocycles. The molecule has 0 bridgehead atoms. The maximum Gasteiger partial charge on any atom is 0.0600 e. The molecule has 1 saturated heterocycles. The van der Waals surface area contributed by atoms with Crippen LogP contribution < -0.4 is 0 Å². The Bertz CT molecular complexity index is 209. The molecule has 1 rings (SSSR count). The van der Waals surface area contributed by atoms with Gasteiger partial charge < -0.3 is 4.74 Å². The van der Waals surface area contributed by atoms with E-state index >= 15 is 0 Å². The molecule has 2 unspecified atom stereocenters. The van der Waals surface area contributed by atoms with Crippen LogP contribution in [0.3, 0.4) is 0 Å². The molecule has 42 valence electrons. The minimum Gasteiger partial charge on any atom is -0.376 e. The van der Waals surface area contributed by atoms with E-state index in [9.17, 15) is 0 Å². The third kappa shape index (κ3) is 1.16. The van der Waals surface area contributed by atoms with Crippen molar-refractivity contribution in [1.82, 2.24) is 0 Å². The highest BCUT2D eigenvalue weighted by Crippen LogP contribution is 2.17. The van der Waals surface area contributed by atoms with Crippen LogP contribution in [0.5, 0.6) is 0 Å². The lowest BCUT2D eigenvalue weighted by molar-refractivity contribution is 0.0673. The summed E-state index contributed by atoms with van der Waals surface area (Å²) in [5.41, 5.74) is 0. The van der Waals surface area contributed by atoms with E-state index in [0.717, 1.165) is 13.8 Å². The van der Waals surface area contributed by atoms with Crippen molar-refractivity contribution in [2.75, 3.05) is 0 Å². The van der Waals surface area contributed by atoms with Gasteiger partial charge in [-0.25, -0.2) is 0 Å². The Morgan fingerprint density at radius 2 is 2.00 bits per heavy atom. The fourth-order valence-electron chi connectivity index (χ4n) is 0.457. The average molecular weight is 106 g/mol. The van der Waals surface area contributed by atoms with Crippen LogP contribution in [0.4, 0.5) is 0 Å². The van der Waals surface area contributed by atoms with Crippen LogP contribution in [-0.4, -0.2) is 12.2 Å². The lowest BCUT2D eigenvalue weighted by atomic mass is 10.2. The van der Waals surface area contributed by atoms with Gasteiger partial charge in [-0.1, -0.05) is 0 Å². The normalized spacial score (nSPS) is 90.0. The van der Waals surface area contributed by atoms with Crippen molar-refractivity contribution in [3.05, 3.63) is 0 Å². The smallest absolute Gasteiger partial charge is 0.0600 e. The van der Waals surface area contributed by atoms with Gasteiger partial charge >= 0.3 is 0 Å². The second-order valence-electron chi connectivity index (χ2n) is 1.46. The van der Waals surface area contributed by atoms with Crippen molar-refractivity contribution in [2.24, 2.45) is 0 Å². The zero-order chi connectivity index (χ0) is 10.7. The Labute approximate surface area is 53.1 Å². The van der Waals surface area contributed by atoms with Gasteiger partial charge in [0.1, 0.15) is 0 Å². The van der Waals surface area contributed by atoms with E-state index < -0.39 is 24.9 Å². The van der Waals surface area contributed by atoms with E-state index in [4.69, 9.17) is 13.0 Å². The fourth-order valence-corrected chi connectivity index (χ4v) is 0.457. The molecule has 1 heteroatoms. The van der Waals surface area contributed by atoms with E-state index in [1.54, 1.807) is 0 Å². The van der Waals surface area contributed by atoms with Gasteiger partial charge in [-0.3, -0.25) is 0 Å².